The van der Waals surface area contributed by atoms with E-state index in [4.69, 9.17) is 0 Å². The number of rotatable bonds is 6. The Bertz CT molecular complexity index is 1100. The highest BCUT2D eigenvalue weighted by molar-refractivity contribution is 6.10. The van der Waals surface area contributed by atoms with Crippen molar-refractivity contribution in [1.29, 1.82) is 0 Å². The lowest BCUT2D eigenvalue weighted by Crippen LogP contribution is -2.62. The van der Waals surface area contributed by atoms with Gasteiger partial charge < -0.3 is 15.5 Å². The fourth-order valence-electron chi connectivity index (χ4n) is 4.54. The van der Waals surface area contributed by atoms with Gasteiger partial charge in [-0.15, -0.1) is 0 Å². The van der Waals surface area contributed by atoms with E-state index in [1.807, 2.05) is 19.1 Å². The van der Waals surface area contributed by atoms with E-state index in [1.165, 1.54) is 6.92 Å². The molecule has 2 aliphatic heterocycles. The minimum absolute atomic E-state index is 0.00856. The molecule has 0 saturated carbocycles. The highest BCUT2D eigenvalue weighted by atomic mass is 16.2. The second-order valence-corrected chi connectivity index (χ2v) is 8.33. The Morgan fingerprint density at radius 3 is 2.50 bits per heavy atom. The van der Waals surface area contributed by atoms with Gasteiger partial charge in [-0.2, -0.15) is 0 Å². The Labute approximate surface area is 186 Å². The third kappa shape index (κ3) is 3.95. The van der Waals surface area contributed by atoms with Gasteiger partial charge in [-0.3, -0.25) is 24.1 Å². The summed E-state index contributed by atoms with van der Waals surface area (Å²) in [4.78, 5) is 53.0. The minimum atomic E-state index is -0.717. The van der Waals surface area contributed by atoms with Crippen LogP contribution < -0.4 is 15.5 Å². The minimum Gasteiger partial charge on any atom is -0.326 e. The molecule has 2 aliphatic rings. The van der Waals surface area contributed by atoms with Crippen molar-refractivity contribution in [3.8, 4) is 0 Å². The molecule has 2 heterocycles. The summed E-state index contributed by atoms with van der Waals surface area (Å²) in [6.07, 6.45) is 1.64. The fourth-order valence-corrected chi connectivity index (χ4v) is 4.54. The summed E-state index contributed by atoms with van der Waals surface area (Å²) in [5, 5.41) is 5.50. The van der Waals surface area contributed by atoms with Gasteiger partial charge in [-0.1, -0.05) is 18.2 Å². The van der Waals surface area contributed by atoms with Gasteiger partial charge in [0.1, 0.15) is 5.66 Å². The molecule has 0 spiro atoms. The van der Waals surface area contributed by atoms with Gasteiger partial charge in [-0.25, -0.2) is 0 Å². The molecule has 0 aliphatic carbocycles. The van der Waals surface area contributed by atoms with Crippen molar-refractivity contribution >= 4 is 40.7 Å². The molecule has 0 bridgehead atoms. The first-order valence-corrected chi connectivity index (χ1v) is 10.7. The molecule has 0 aromatic heterocycles. The smallest absolute Gasteiger partial charge is 0.257 e. The predicted octanol–water partition coefficient (Wildman–Crippen LogP) is 3.36. The zero-order valence-electron chi connectivity index (χ0n) is 18.2. The predicted molar refractivity (Wildman–Crippen MR) is 121 cm³/mol. The van der Waals surface area contributed by atoms with Crippen LogP contribution in [0.2, 0.25) is 0 Å². The number of para-hydroxylation sites is 1. The van der Waals surface area contributed by atoms with E-state index in [0.29, 0.717) is 48.4 Å². The van der Waals surface area contributed by atoms with Gasteiger partial charge in [0.2, 0.25) is 17.7 Å². The number of amides is 4. The van der Waals surface area contributed by atoms with Crippen molar-refractivity contribution in [3.63, 3.8) is 0 Å². The van der Waals surface area contributed by atoms with Crippen LogP contribution in [0.15, 0.2) is 48.5 Å². The van der Waals surface area contributed by atoms with Gasteiger partial charge in [-0.05, 0) is 50.1 Å². The Hall–Kier alpha value is -3.68. The van der Waals surface area contributed by atoms with Crippen LogP contribution in [0.5, 0.6) is 0 Å². The fraction of sp³-hybridized carbons (Fsp3) is 0.333. The molecule has 8 nitrogen and oxygen atoms in total. The van der Waals surface area contributed by atoms with E-state index < -0.39 is 5.66 Å². The van der Waals surface area contributed by atoms with Gasteiger partial charge in [0, 0.05) is 37.7 Å². The number of nitrogens with zero attached hydrogens (tertiary/aromatic N) is 2. The molecule has 32 heavy (non-hydrogen) atoms. The number of benzene rings is 2. The van der Waals surface area contributed by atoms with E-state index >= 15 is 0 Å². The molecule has 2 aromatic rings. The Kier molecular flexibility index (Phi) is 5.69. The maximum Gasteiger partial charge on any atom is 0.257 e. The van der Waals surface area contributed by atoms with Crippen LogP contribution in [0.1, 0.15) is 49.9 Å². The number of nitrogens with one attached hydrogen (secondary N) is 2. The van der Waals surface area contributed by atoms with Crippen LogP contribution in [0.3, 0.4) is 0 Å². The SMILES string of the molecule is CC(=O)Nc1cccc(NC(=O)CCCN2C(=O)c3ccccc3N3C(=O)CCC23C)c1. The number of hydrogen-bond acceptors (Lipinski definition) is 4. The average Bonchev–Trinajstić information content (AvgIpc) is 3.05. The summed E-state index contributed by atoms with van der Waals surface area (Å²) in [6.45, 7) is 3.71. The highest BCUT2D eigenvalue weighted by Crippen LogP contribution is 2.44. The Morgan fingerprint density at radius 1 is 1.03 bits per heavy atom. The Morgan fingerprint density at radius 2 is 1.75 bits per heavy atom. The molecule has 166 valence electrons. The molecule has 1 atom stereocenters. The van der Waals surface area contributed by atoms with E-state index in [2.05, 4.69) is 10.6 Å². The molecule has 4 amide bonds. The summed E-state index contributed by atoms with van der Waals surface area (Å²) in [7, 11) is 0. The second-order valence-electron chi connectivity index (χ2n) is 8.33. The van der Waals surface area contributed by atoms with Gasteiger partial charge >= 0.3 is 0 Å². The summed E-state index contributed by atoms with van der Waals surface area (Å²) >= 11 is 0. The topological polar surface area (TPSA) is 98.8 Å². The first kappa shape index (κ1) is 21.5. The monoisotopic (exact) mass is 434 g/mol. The van der Waals surface area contributed by atoms with Crippen LogP contribution in [-0.4, -0.2) is 40.7 Å². The van der Waals surface area contributed by atoms with Gasteiger partial charge in [0.25, 0.3) is 5.91 Å². The maximum atomic E-state index is 13.2. The lowest BCUT2D eigenvalue weighted by Gasteiger charge is -2.48. The lowest BCUT2D eigenvalue weighted by atomic mass is 9.98. The first-order valence-electron chi connectivity index (χ1n) is 10.7. The summed E-state index contributed by atoms with van der Waals surface area (Å²) in [5.41, 5.74) is 1.65. The van der Waals surface area contributed by atoms with E-state index in [9.17, 15) is 19.2 Å². The van der Waals surface area contributed by atoms with Crippen LogP contribution >= 0.6 is 0 Å². The Balaban J connectivity index is 1.42. The quantitative estimate of drug-likeness (QED) is 0.728. The number of carbonyl (C=O) groups excluding carboxylic acids is 4. The molecule has 1 fully saturated rings. The van der Waals surface area contributed by atoms with Crippen LogP contribution in [0, 0.1) is 0 Å². The van der Waals surface area contributed by atoms with Crippen molar-refractivity contribution in [3.05, 3.63) is 54.1 Å². The second kappa shape index (κ2) is 8.45. The number of carbonyl (C=O) groups is 4. The summed E-state index contributed by atoms with van der Waals surface area (Å²) in [5.74, 6) is -0.472. The zero-order chi connectivity index (χ0) is 22.9. The van der Waals surface area contributed by atoms with E-state index in [-0.39, 0.29) is 30.0 Å². The van der Waals surface area contributed by atoms with Crippen molar-refractivity contribution in [2.24, 2.45) is 0 Å². The van der Waals surface area contributed by atoms with Crippen molar-refractivity contribution in [1.82, 2.24) is 4.90 Å². The van der Waals surface area contributed by atoms with Crippen molar-refractivity contribution in [2.75, 3.05) is 22.1 Å². The largest absolute Gasteiger partial charge is 0.326 e. The number of hydrogen-bond donors (Lipinski definition) is 2. The molecule has 2 aromatic carbocycles. The van der Waals surface area contributed by atoms with Crippen LogP contribution in [0.25, 0.3) is 0 Å². The number of fused-ring (bicyclic) bond motifs is 3. The molecule has 4 rings (SSSR count). The molecular weight excluding hydrogens is 408 g/mol. The lowest BCUT2D eigenvalue weighted by molar-refractivity contribution is -0.118. The average molecular weight is 434 g/mol. The molecule has 1 unspecified atom stereocenters. The van der Waals surface area contributed by atoms with Crippen molar-refractivity contribution < 1.29 is 19.2 Å². The normalized spacial score (nSPS) is 19.4. The first-order chi connectivity index (χ1) is 15.3. The molecule has 0 radical (unpaired) electrons. The van der Waals surface area contributed by atoms with Gasteiger partial charge in [0.05, 0.1) is 11.3 Å². The zero-order valence-corrected chi connectivity index (χ0v) is 18.2. The standard InChI is InChI=1S/C24H26N4O4/c1-16(29)25-17-7-5-8-18(15-17)26-21(30)11-6-14-27-23(32)19-9-3-4-10-20(19)28-22(31)12-13-24(27,28)2/h3-5,7-10,15H,6,11-14H2,1-2H3,(H,25,29)(H,26,30). The number of anilines is 3. The molecule has 1 saturated heterocycles. The maximum absolute atomic E-state index is 13.2. The van der Waals surface area contributed by atoms with Crippen LogP contribution in [-0.2, 0) is 14.4 Å². The molecular formula is C24H26N4O4. The van der Waals surface area contributed by atoms with E-state index in [1.54, 1.807) is 46.2 Å². The highest BCUT2D eigenvalue weighted by Gasteiger charge is 2.52. The van der Waals surface area contributed by atoms with Crippen LogP contribution in [0.4, 0.5) is 17.1 Å². The molecule has 8 heteroatoms. The summed E-state index contributed by atoms with van der Waals surface area (Å²) in [6, 6.07) is 14.1. The summed E-state index contributed by atoms with van der Waals surface area (Å²) < 4.78 is 0. The molecule has 2 N–H and O–H groups in total. The van der Waals surface area contributed by atoms with Crippen molar-refractivity contribution in [2.45, 2.75) is 45.2 Å². The van der Waals surface area contributed by atoms with Gasteiger partial charge in [0.15, 0.2) is 0 Å². The van der Waals surface area contributed by atoms with E-state index in [0.717, 1.165) is 0 Å². The third-order valence-corrected chi connectivity index (χ3v) is 6.00. The third-order valence-electron chi connectivity index (χ3n) is 6.00.